The summed E-state index contributed by atoms with van der Waals surface area (Å²) in [6.45, 7) is 3.42. The van der Waals surface area contributed by atoms with Gasteiger partial charge >= 0.3 is 0 Å². The molecule has 12 heavy (non-hydrogen) atoms. The summed E-state index contributed by atoms with van der Waals surface area (Å²) in [7, 11) is 1.48. The van der Waals surface area contributed by atoms with E-state index in [1.165, 1.54) is 13.2 Å². The number of carbonyl (C=O) groups is 1. The van der Waals surface area contributed by atoms with E-state index in [-0.39, 0.29) is 31.0 Å². The van der Waals surface area contributed by atoms with E-state index in [9.17, 15) is 4.79 Å². The molecule has 0 bridgehead atoms. The van der Waals surface area contributed by atoms with Crippen molar-refractivity contribution < 1.29 is 34.1 Å². The number of methoxy groups -OCH3 is 1. The van der Waals surface area contributed by atoms with Gasteiger partial charge in [0.25, 0.3) is 0 Å². The predicted octanol–water partition coefficient (Wildman–Crippen LogP) is 1.44. The Balaban J connectivity index is 0. The molecular formula is C8H14O3Ru. The summed E-state index contributed by atoms with van der Waals surface area (Å²) in [6.07, 6.45) is 1.21. The Kier molecular flexibility index (Phi) is 8.88. The molecule has 0 saturated carbocycles. The van der Waals surface area contributed by atoms with Gasteiger partial charge < -0.3 is 9.84 Å². The molecule has 0 aliphatic rings. The van der Waals surface area contributed by atoms with Crippen molar-refractivity contribution in [2.45, 2.75) is 26.4 Å². The molecule has 0 aromatic rings. The zero-order chi connectivity index (χ0) is 8.85. The molecule has 1 unspecified atom stereocenters. The Bertz CT molecular complexity index is 166. The first-order valence-electron chi connectivity index (χ1n) is 3.58. The topological polar surface area (TPSA) is 46.5 Å². The first-order valence-corrected chi connectivity index (χ1v) is 3.58. The van der Waals surface area contributed by atoms with E-state index in [0.717, 1.165) is 0 Å². The monoisotopic (exact) mass is 260 g/mol. The molecule has 0 rings (SSSR count). The molecule has 0 aromatic carbocycles. The van der Waals surface area contributed by atoms with Crippen LogP contribution in [0.5, 0.6) is 0 Å². The third-order valence-electron chi connectivity index (χ3n) is 1.43. The molecule has 0 aliphatic heterocycles. The smallest absolute Gasteiger partial charge is 0.158 e. The number of rotatable bonds is 4. The average Bonchev–Trinajstić information content (AvgIpc) is 2.02. The van der Waals surface area contributed by atoms with E-state index in [0.29, 0.717) is 6.42 Å². The molecule has 0 amide bonds. The fraction of sp³-hybridized carbons (Fsp3) is 0.625. The summed E-state index contributed by atoms with van der Waals surface area (Å²) in [6, 6.07) is 0. The third kappa shape index (κ3) is 5.44. The molecular weight excluding hydrogens is 245 g/mol. The summed E-state index contributed by atoms with van der Waals surface area (Å²) in [5, 5.41) is 9.13. The number of hydrogen-bond donors (Lipinski definition) is 1. The fourth-order valence-corrected chi connectivity index (χ4v) is 0.505. The summed E-state index contributed by atoms with van der Waals surface area (Å²) in [4.78, 5) is 10.8. The maximum absolute atomic E-state index is 10.8. The molecule has 0 aromatic heterocycles. The minimum atomic E-state index is -0.398. The number of carbonyl (C=O) groups excluding carboxylic acids is 1. The molecule has 0 saturated heterocycles. The van der Waals surface area contributed by atoms with Crippen LogP contribution in [-0.4, -0.2) is 24.1 Å². The summed E-state index contributed by atoms with van der Waals surface area (Å²) < 4.78 is 4.79. The van der Waals surface area contributed by atoms with Gasteiger partial charge in [0.15, 0.2) is 5.78 Å². The first kappa shape index (κ1) is 14.3. The van der Waals surface area contributed by atoms with Gasteiger partial charge in [0.2, 0.25) is 0 Å². The molecule has 4 heteroatoms. The third-order valence-corrected chi connectivity index (χ3v) is 1.43. The van der Waals surface area contributed by atoms with Gasteiger partial charge in [0, 0.05) is 39.1 Å². The van der Waals surface area contributed by atoms with E-state index >= 15 is 0 Å². The SMILES string of the molecule is CCC(=O)/C=C(\O)C(C)OC.[Ru]. The molecule has 0 fully saturated rings. The van der Waals surface area contributed by atoms with Gasteiger partial charge in [-0.2, -0.15) is 0 Å². The molecule has 3 nitrogen and oxygen atoms in total. The Morgan fingerprint density at radius 3 is 2.50 bits per heavy atom. The van der Waals surface area contributed by atoms with Crippen LogP contribution in [0, 0.1) is 0 Å². The van der Waals surface area contributed by atoms with Crippen LogP contribution in [0.4, 0.5) is 0 Å². The van der Waals surface area contributed by atoms with Gasteiger partial charge in [-0.15, -0.1) is 0 Å². The van der Waals surface area contributed by atoms with Crippen LogP contribution in [-0.2, 0) is 29.0 Å². The number of ketones is 1. The molecule has 0 aliphatic carbocycles. The minimum Gasteiger partial charge on any atom is -0.509 e. The molecule has 1 N–H and O–H groups in total. The number of hydrogen-bond acceptors (Lipinski definition) is 3. The Hall–Kier alpha value is -0.207. The van der Waals surface area contributed by atoms with Crippen molar-refractivity contribution in [3.8, 4) is 0 Å². The van der Waals surface area contributed by atoms with Crippen LogP contribution in [0.2, 0.25) is 0 Å². The maximum atomic E-state index is 10.8. The van der Waals surface area contributed by atoms with Crippen LogP contribution >= 0.6 is 0 Å². The zero-order valence-corrected chi connectivity index (χ0v) is 9.22. The summed E-state index contributed by atoms with van der Waals surface area (Å²) >= 11 is 0. The van der Waals surface area contributed by atoms with Crippen LogP contribution < -0.4 is 0 Å². The van der Waals surface area contributed by atoms with Crippen LogP contribution in [0.15, 0.2) is 11.8 Å². The molecule has 1 atom stereocenters. The first-order chi connectivity index (χ1) is 5.11. The van der Waals surface area contributed by atoms with Gasteiger partial charge in [-0.25, -0.2) is 0 Å². The van der Waals surface area contributed by atoms with E-state index in [1.54, 1.807) is 13.8 Å². The van der Waals surface area contributed by atoms with Crippen molar-refractivity contribution in [2.24, 2.45) is 0 Å². The predicted molar refractivity (Wildman–Crippen MR) is 42.5 cm³/mol. The van der Waals surface area contributed by atoms with Crippen molar-refractivity contribution in [2.75, 3.05) is 7.11 Å². The van der Waals surface area contributed by atoms with E-state index in [1.807, 2.05) is 0 Å². The Morgan fingerprint density at radius 1 is 1.67 bits per heavy atom. The zero-order valence-electron chi connectivity index (χ0n) is 7.48. The van der Waals surface area contributed by atoms with Gasteiger partial charge in [-0.3, -0.25) is 4.79 Å². The molecule has 0 spiro atoms. The van der Waals surface area contributed by atoms with Crippen LogP contribution in [0.1, 0.15) is 20.3 Å². The van der Waals surface area contributed by atoms with E-state index in [2.05, 4.69) is 0 Å². The standard InChI is InChI=1S/C8H14O3.Ru/c1-4-7(9)5-8(10)6(2)11-3;/h5-6,10H,4H2,1-3H3;/b8-5-;. The van der Waals surface area contributed by atoms with Crippen molar-refractivity contribution in [1.82, 2.24) is 0 Å². The summed E-state index contributed by atoms with van der Waals surface area (Å²) in [5.41, 5.74) is 0. The Labute approximate surface area is 85.6 Å². The van der Waals surface area contributed by atoms with Gasteiger partial charge in [-0.05, 0) is 6.92 Å². The van der Waals surface area contributed by atoms with E-state index < -0.39 is 6.10 Å². The van der Waals surface area contributed by atoms with Crippen molar-refractivity contribution in [1.29, 1.82) is 0 Å². The maximum Gasteiger partial charge on any atom is 0.158 e. The quantitative estimate of drug-likeness (QED) is 0.472. The molecule has 0 heterocycles. The minimum absolute atomic E-state index is 0. The number of allylic oxidation sites excluding steroid dienone is 1. The number of aliphatic hydroxyl groups is 1. The second kappa shape index (κ2) is 7.44. The normalized spacial score (nSPS) is 13.4. The number of ether oxygens (including phenoxy) is 1. The van der Waals surface area contributed by atoms with Gasteiger partial charge in [-0.1, -0.05) is 6.92 Å². The van der Waals surface area contributed by atoms with Crippen molar-refractivity contribution >= 4 is 5.78 Å². The second-order valence-corrected chi connectivity index (χ2v) is 2.27. The second-order valence-electron chi connectivity index (χ2n) is 2.27. The van der Waals surface area contributed by atoms with Crippen LogP contribution in [0.25, 0.3) is 0 Å². The van der Waals surface area contributed by atoms with Crippen molar-refractivity contribution in [3.63, 3.8) is 0 Å². The average molecular weight is 259 g/mol. The molecule has 72 valence electrons. The molecule has 0 radical (unpaired) electrons. The van der Waals surface area contributed by atoms with Gasteiger partial charge in [0.1, 0.15) is 11.9 Å². The number of aliphatic hydroxyl groups excluding tert-OH is 1. The summed E-state index contributed by atoms with van der Waals surface area (Å²) in [5.74, 6) is -0.106. The van der Waals surface area contributed by atoms with Gasteiger partial charge in [0.05, 0.1) is 0 Å². The fourth-order valence-electron chi connectivity index (χ4n) is 0.505. The van der Waals surface area contributed by atoms with E-state index in [4.69, 9.17) is 9.84 Å². The largest absolute Gasteiger partial charge is 0.509 e. The Morgan fingerprint density at radius 2 is 2.17 bits per heavy atom. The van der Waals surface area contributed by atoms with Crippen molar-refractivity contribution in [3.05, 3.63) is 11.8 Å². The van der Waals surface area contributed by atoms with Crippen LogP contribution in [0.3, 0.4) is 0 Å².